The average molecular weight is 642 g/mol. The summed E-state index contributed by atoms with van der Waals surface area (Å²) in [6.07, 6.45) is 0.975. The molecule has 1 unspecified atom stereocenters. The number of sulfonamides is 1. The first kappa shape index (κ1) is 34.2. The fraction of sp³-hybridized carbons (Fsp3) is 0.297. The van der Waals surface area contributed by atoms with Gasteiger partial charge in [-0.05, 0) is 74.2 Å². The zero-order chi connectivity index (χ0) is 33.3. The molecule has 0 aromatic heterocycles. The first-order valence-corrected chi connectivity index (χ1v) is 16.9. The summed E-state index contributed by atoms with van der Waals surface area (Å²) in [5, 5.41) is 2.97. The Bertz CT molecular complexity index is 1740. The molecule has 0 radical (unpaired) electrons. The van der Waals surface area contributed by atoms with E-state index in [9.17, 15) is 18.0 Å². The number of hydrogen-bond donors (Lipinski definition) is 1. The minimum Gasteiger partial charge on any atom is -0.497 e. The maximum Gasteiger partial charge on any atom is 0.264 e. The summed E-state index contributed by atoms with van der Waals surface area (Å²) < 4.78 is 35.1. The van der Waals surface area contributed by atoms with Gasteiger partial charge in [0, 0.05) is 19.5 Å². The summed E-state index contributed by atoms with van der Waals surface area (Å²) in [5.41, 5.74) is 4.62. The highest BCUT2D eigenvalue weighted by atomic mass is 32.2. The van der Waals surface area contributed by atoms with Crippen molar-refractivity contribution in [2.45, 2.75) is 58.0 Å². The summed E-state index contributed by atoms with van der Waals surface area (Å²) in [4.78, 5) is 30.0. The summed E-state index contributed by atoms with van der Waals surface area (Å²) >= 11 is 0. The maximum absolute atomic E-state index is 14.6. The fourth-order valence-electron chi connectivity index (χ4n) is 5.32. The summed E-state index contributed by atoms with van der Waals surface area (Å²) in [5.74, 6) is -0.203. The molecule has 242 valence electrons. The second-order valence-corrected chi connectivity index (χ2v) is 13.3. The first-order chi connectivity index (χ1) is 22.0. The van der Waals surface area contributed by atoms with Crippen LogP contribution in [0.3, 0.4) is 0 Å². The molecule has 0 aliphatic carbocycles. The van der Waals surface area contributed by atoms with Crippen molar-refractivity contribution in [1.29, 1.82) is 0 Å². The first-order valence-electron chi connectivity index (χ1n) is 15.4. The van der Waals surface area contributed by atoms with E-state index in [1.165, 1.54) is 4.90 Å². The second kappa shape index (κ2) is 15.6. The number of carbonyl (C=O) groups excluding carboxylic acids is 2. The Morgan fingerprint density at radius 1 is 0.826 bits per heavy atom. The molecule has 0 saturated carbocycles. The number of hydrogen-bond acceptors (Lipinski definition) is 5. The van der Waals surface area contributed by atoms with E-state index in [1.807, 2.05) is 88.4 Å². The zero-order valence-electron chi connectivity index (χ0n) is 27.2. The Labute approximate surface area is 273 Å². The van der Waals surface area contributed by atoms with E-state index in [-0.39, 0.29) is 23.8 Å². The largest absolute Gasteiger partial charge is 0.497 e. The van der Waals surface area contributed by atoms with Gasteiger partial charge in [0.1, 0.15) is 18.3 Å². The van der Waals surface area contributed by atoms with Crippen LogP contribution in [-0.4, -0.2) is 51.4 Å². The van der Waals surface area contributed by atoms with Crippen molar-refractivity contribution in [1.82, 2.24) is 10.2 Å². The van der Waals surface area contributed by atoms with Gasteiger partial charge in [-0.3, -0.25) is 13.9 Å². The van der Waals surface area contributed by atoms with Crippen molar-refractivity contribution in [2.24, 2.45) is 0 Å². The van der Waals surface area contributed by atoms with Gasteiger partial charge in [-0.2, -0.15) is 0 Å². The summed E-state index contributed by atoms with van der Waals surface area (Å²) in [6.45, 7) is 7.61. The number of anilines is 1. The van der Waals surface area contributed by atoms with Crippen LogP contribution in [0, 0.1) is 20.8 Å². The van der Waals surface area contributed by atoms with Gasteiger partial charge in [0.15, 0.2) is 0 Å². The van der Waals surface area contributed by atoms with E-state index in [2.05, 4.69) is 5.32 Å². The van der Waals surface area contributed by atoms with Crippen molar-refractivity contribution < 1.29 is 22.7 Å². The molecule has 8 nitrogen and oxygen atoms in total. The number of nitrogens with zero attached hydrogens (tertiary/aromatic N) is 2. The molecule has 0 bridgehead atoms. The number of benzene rings is 4. The quantitative estimate of drug-likeness (QED) is 0.183. The molecule has 46 heavy (non-hydrogen) atoms. The van der Waals surface area contributed by atoms with E-state index in [0.29, 0.717) is 23.5 Å². The lowest BCUT2D eigenvalue weighted by Gasteiger charge is -2.34. The van der Waals surface area contributed by atoms with Crippen LogP contribution in [0.25, 0.3) is 0 Å². The number of ether oxygens (including phenoxy) is 1. The molecule has 0 fully saturated rings. The average Bonchev–Trinajstić information content (AvgIpc) is 3.05. The molecule has 0 spiro atoms. The molecule has 2 amide bonds. The Morgan fingerprint density at radius 2 is 1.50 bits per heavy atom. The lowest BCUT2D eigenvalue weighted by molar-refractivity contribution is -0.140. The van der Waals surface area contributed by atoms with Crippen molar-refractivity contribution >= 4 is 27.5 Å². The fourth-order valence-corrected chi connectivity index (χ4v) is 6.80. The van der Waals surface area contributed by atoms with Crippen LogP contribution in [0.15, 0.2) is 102 Å². The van der Waals surface area contributed by atoms with Gasteiger partial charge >= 0.3 is 0 Å². The Morgan fingerprint density at radius 3 is 2.15 bits per heavy atom. The molecule has 4 rings (SSSR count). The van der Waals surface area contributed by atoms with Crippen LogP contribution >= 0.6 is 0 Å². The van der Waals surface area contributed by atoms with E-state index in [4.69, 9.17) is 4.74 Å². The van der Waals surface area contributed by atoms with Crippen molar-refractivity contribution in [3.8, 4) is 5.75 Å². The summed E-state index contributed by atoms with van der Waals surface area (Å²) in [6, 6.07) is 27.9. The molecule has 0 heterocycles. The number of amides is 2. The monoisotopic (exact) mass is 641 g/mol. The van der Waals surface area contributed by atoms with Crippen molar-refractivity contribution in [3.05, 3.63) is 125 Å². The van der Waals surface area contributed by atoms with Crippen LogP contribution in [0.1, 0.15) is 41.2 Å². The van der Waals surface area contributed by atoms with Crippen molar-refractivity contribution in [3.63, 3.8) is 0 Å². The predicted molar refractivity (Wildman–Crippen MR) is 182 cm³/mol. The Hall–Kier alpha value is -4.63. The molecular formula is C37H43N3O5S. The van der Waals surface area contributed by atoms with Gasteiger partial charge in [-0.25, -0.2) is 8.42 Å². The number of aryl methyl sites for hydroxylation is 3. The van der Waals surface area contributed by atoms with Crippen molar-refractivity contribution in [2.75, 3.05) is 24.5 Å². The van der Waals surface area contributed by atoms with Gasteiger partial charge in [-0.1, -0.05) is 84.8 Å². The highest BCUT2D eigenvalue weighted by Gasteiger charge is 2.35. The van der Waals surface area contributed by atoms with Gasteiger partial charge in [0.05, 0.1) is 17.7 Å². The van der Waals surface area contributed by atoms with Crippen LogP contribution in [-0.2, 0) is 32.6 Å². The third kappa shape index (κ3) is 8.54. The normalized spacial score (nSPS) is 11.8. The topological polar surface area (TPSA) is 96.0 Å². The van der Waals surface area contributed by atoms with Crippen LogP contribution in [0.2, 0.25) is 0 Å². The molecule has 4 aromatic carbocycles. The van der Waals surface area contributed by atoms with Crippen LogP contribution < -0.4 is 14.4 Å². The maximum atomic E-state index is 14.6. The van der Waals surface area contributed by atoms with Gasteiger partial charge < -0.3 is 15.0 Å². The van der Waals surface area contributed by atoms with Gasteiger partial charge in [-0.15, -0.1) is 0 Å². The summed E-state index contributed by atoms with van der Waals surface area (Å²) in [7, 11) is -2.61. The van der Waals surface area contributed by atoms with E-state index >= 15 is 0 Å². The van der Waals surface area contributed by atoms with Gasteiger partial charge in [0.2, 0.25) is 11.8 Å². The smallest absolute Gasteiger partial charge is 0.264 e. The Balaban J connectivity index is 1.83. The zero-order valence-corrected chi connectivity index (χ0v) is 28.0. The highest BCUT2D eigenvalue weighted by molar-refractivity contribution is 7.92. The molecule has 0 aliphatic heterocycles. The lowest BCUT2D eigenvalue weighted by Crippen LogP contribution is -2.53. The van der Waals surface area contributed by atoms with Gasteiger partial charge in [0.25, 0.3) is 10.0 Å². The van der Waals surface area contributed by atoms with E-state index in [0.717, 1.165) is 33.0 Å². The lowest BCUT2D eigenvalue weighted by atomic mass is 10.0. The van der Waals surface area contributed by atoms with E-state index in [1.54, 1.807) is 43.5 Å². The predicted octanol–water partition coefficient (Wildman–Crippen LogP) is 5.98. The molecule has 0 saturated heterocycles. The number of nitrogens with one attached hydrogen (secondary N) is 1. The molecule has 1 atom stereocenters. The highest BCUT2D eigenvalue weighted by Crippen LogP contribution is 2.29. The number of carbonyl (C=O) groups is 2. The molecule has 9 heteroatoms. The van der Waals surface area contributed by atoms with E-state index < -0.39 is 28.5 Å². The second-order valence-electron chi connectivity index (χ2n) is 11.5. The molecular weight excluding hydrogens is 598 g/mol. The molecule has 1 N–H and O–H groups in total. The van der Waals surface area contributed by atoms with Crippen LogP contribution in [0.4, 0.5) is 5.69 Å². The van der Waals surface area contributed by atoms with Crippen LogP contribution in [0.5, 0.6) is 5.75 Å². The Kier molecular flexibility index (Phi) is 11.6. The third-order valence-corrected chi connectivity index (χ3v) is 9.59. The minimum absolute atomic E-state index is 0.0678. The third-order valence-electron chi connectivity index (χ3n) is 7.82. The SMILES string of the molecule is CCCNC(=O)C(Cc1ccccc1)N(Cc1cccc(OC)c1)C(=O)CN(c1ccc(C)cc1C)S(=O)(=O)c1ccc(C)cc1. The molecule has 4 aromatic rings. The molecule has 0 aliphatic rings. The standard InChI is InChI=1S/C37H43N3O5S/c1-6-21-38-37(42)35(24-30-11-8-7-9-12-30)39(25-31-13-10-14-32(23-31)45-5)36(41)26-40(34-20-17-28(3)22-29(34)4)46(43,44)33-18-15-27(2)16-19-33/h7-20,22-23,35H,6,21,24-26H2,1-5H3,(H,38,42). The number of methoxy groups -OCH3 is 1. The minimum atomic E-state index is -4.17. The number of rotatable bonds is 14.